The molecule has 0 saturated carbocycles. The minimum Gasteiger partial charge on any atom is -0.496 e. The molecule has 1 atom stereocenters. The lowest BCUT2D eigenvalue weighted by atomic mass is 10.2. The molecule has 1 aliphatic rings. The van der Waals surface area contributed by atoms with E-state index in [4.69, 9.17) is 4.74 Å². The van der Waals surface area contributed by atoms with E-state index in [1.807, 2.05) is 37.3 Å². The predicted octanol–water partition coefficient (Wildman–Crippen LogP) is -0.105. The van der Waals surface area contributed by atoms with Gasteiger partial charge < -0.3 is 19.9 Å². The number of para-hydroxylation sites is 1. The maximum atomic E-state index is 12.6. The third kappa shape index (κ3) is 4.29. The molecule has 1 aromatic carbocycles. The average Bonchev–Trinajstić information content (AvgIpc) is 2.72. The number of benzene rings is 1. The zero-order valence-corrected chi connectivity index (χ0v) is 15.3. The van der Waals surface area contributed by atoms with Crippen LogP contribution in [0.5, 0.6) is 5.75 Å². The summed E-state index contributed by atoms with van der Waals surface area (Å²) in [7, 11) is 1.64. The summed E-state index contributed by atoms with van der Waals surface area (Å²) in [5.74, 6) is 1.62. The van der Waals surface area contributed by atoms with Crippen molar-refractivity contribution in [2.75, 3.05) is 38.2 Å². The van der Waals surface area contributed by atoms with Crippen LogP contribution in [0.2, 0.25) is 0 Å². The Bertz CT molecular complexity index is 717. The van der Waals surface area contributed by atoms with Crippen LogP contribution in [0.4, 0.5) is 5.95 Å². The Labute approximate surface area is 154 Å². The Morgan fingerprint density at radius 1 is 1.23 bits per heavy atom. The second kappa shape index (κ2) is 8.62. The van der Waals surface area contributed by atoms with E-state index in [1.54, 1.807) is 19.5 Å². The van der Waals surface area contributed by atoms with Crippen molar-refractivity contribution in [2.24, 2.45) is 0 Å². The lowest BCUT2D eigenvalue weighted by Crippen LogP contribution is -3.19. The summed E-state index contributed by atoms with van der Waals surface area (Å²) in [6.45, 7) is 5.95. The Hall–Kier alpha value is -2.67. The highest BCUT2D eigenvalue weighted by Gasteiger charge is 2.29. The van der Waals surface area contributed by atoms with Gasteiger partial charge in [0.15, 0.2) is 6.04 Å². The van der Waals surface area contributed by atoms with Crippen molar-refractivity contribution >= 4 is 11.9 Å². The van der Waals surface area contributed by atoms with E-state index < -0.39 is 0 Å². The van der Waals surface area contributed by atoms with Crippen LogP contribution in [0.25, 0.3) is 0 Å². The highest BCUT2D eigenvalue weighted by molar-refractivity contribution is 5.80. The fourth-order valence-corrected chi connectivity index (χ4v) is 3.25. The minimum atomic E-state index is -0.0939. The molecule has 0 radical (unpaired) electrons. The summed E-state index contributed by atoms with van der Waals surface area (Å²) in [6.07, 6.45) is 3.52. The minimum absolute atomic E-state index is 0.0651. The van der Waals surface area contributed by atoms with Crippen molar-refractivity contribution in [3.8, 4) is 5.75 Å². The zero-order chi connectivity index (χ0) is 18.4. The number of ether oxygens (including phenoxy) is 1. The summed E-state index contributed by atoms with van der Waals surface area (Å²) in [6, 6.07) is 9.47. The topological polar surface area (TPSA) is 71.8 Å². The van der Waals surface area contributed by atoms with E-state index in [0.717, 1.165) is 43.4 Å². The number of nitrogens with one attached hydrogen (secondary N) is 2. The highest BCUT2D eigenvalue weighted by Crippen LogP contribution is 2.16. The molecule has 3 rings (SSSR count). The van der Waals surface area contributed by atoms with Crippen molar-refractivity contribution < 1.29 is 14.4 Å². The fourth-order valence-electron chi connectivity index (χ4n) is 3.25. The van der Waals surface area contributed by atoms with Gasteiger partial charge in [-0.05, 0) is 19.1 Å². The van der Waals surface area contributed by atoms with Crippen molar-refractivity contribution in [2.45, 2.75) is 19.5 Å². The van der Waals surface area contributed by atoms with E-state index in [2.05, 4.69) is 20.2 Å². The maximum absolute atomic E-state index is 12.6. The average molecular weight is 356 g/mol. The summed E-state index contributed by atoms with van der Waals surface area (Å²) in [4.78, 5) is 24.6. The number of carbonyl (C=O) groups is 1. The highest BCUT2D eigenvalue weighted by atomic mass is 16.5. The number of hydrogen-bond donors (Lipinski definition) is 2. The summed E-state index contributed by atoms with van der Waals surface area (Å²) in [5, 5.41) is 3.04. The Kier molecular flexibility index (Phi) is 6.01. The van der Waals surface area contributed by atoms with Crippen LogP contribution in [0, 0.1) is 0 Å². The molecule has 1 aliphatic heterocycles. The van der Waals surface area contributed by atoms with Gasteiger partial charge in [-0.1, -0.05) is 18.2 Å². The first-order valence-corrected chi connectivity index (χ1v) is 8.95. The second-order valence-electron chi connectivity index (χ2n) is 6.45. The Balaban J connectivity index is 1.50. The molecular weight excluding hydrogens is 330 g/mol. The first-order chi connectivity index (χ1) is 12.7. The van der Waals surface area contributed by atoms with Crippen LogP contribution in [-0.2, 0) is 11.3 Å². The number of rotatable bonds is 6. The summed E-state index contributed by atoms with van der Waals surface area (Å²) < 4.78 is 5.33. The Morgan fingerprint density at radius 2 is 1.92 bits per heavy atom. The molecule has 2 N–H and O–H groups in total. The third-order valence-corrected chi connectivity index (χ3v) is 4.89. The number of piperazine rings is 1. The smallest absolute Gasteiger partial charge is 0.278 e. The first kappa shape index (κ1) is 18.1. The van der Waals surface area contributed by atoms with E-state index in [9.17, 15) is 4.79 Å². The van der Waals surface area contributed by atoms with Crippen LogP contribution < -0.4 is 19.9 Å². The zero-order valence-electron chi connectivity index (χ0n) is 15.3. The molecule has 7 heteroatoms. The van der Waals surface area contributed by atoms with Crippen molar-refractivity contribution in [3.63, 3.8) is 0 Å². The van der Waals surface area contributed by atoms with Gasteiger partial charge in [-0.2, -0.15) is 0 Å². The van der Waals surface area contributed by atoms with E-state index in [0.29, 0.717) is 6.54 Å². The maximum Gasteiger partial charge on any atom is 0.278 e. The van der Waals surface area contributed by atoms with Crippen molar-refractivity contribution in [1.82, 2.24) is 15.3 Å². The molecular formula is C19H26N5O2+. The lowest BCUT2D eigenvalue weighted by molar-refractivity contribution is -0.914. The quantitative estimate of drug-likeness (QED) is 0.756. The van der Waals surface area contributed by atoms with Gasteiger partial charge in [0.2, 0.25) is 5.95 Å². The molecule has 0 spiro atoms. The van der Waals surface area contributed by atoms with Gasteiger partial charge >= 0.3 is 0 Å². The SMILES string of the molecule is COc1ccccc1CNC(=O)[C@H](C)[NH+]1CCN(c2ncccn2)CC1. The number of hydrogen-bond acceptors (Lipinski definition) is 5. The van der Waals surface area contributed by atoms with Gasteiger partial charge in [-0.3, -0.25) is 4.79 Å². The third-order valence-electron chi connectivity index (χ3n) is 4.89. The second-order valence-corrected chi connectivity index (χ2v) is 6.45. The number of anilines is 1. The van der Waals surface area contributed by atoms with Gasteiger partial charge in [-0.15, -0.1) is 0 Å². The number of amides is 1. The van der Waals surface area contributed by atoms with Crippen LogP contribution in [0.1, 0.15) is 12.5 Å². The van der Waals surface area contributed by atoms with Gasteiger partial charge in [0.05, 0.1) is 33.3 Å². The monoisotopic (exact) mass is 356 g/mol. The largest absolute Gasteiger partial charge is 0.496 e. The summed E-state index contributed by atoms with van der Waals surface area (Å²) in [5.41, 5.74) is 0.983. The van der Waals surface area contributed by atoms with E-state index in [-0.39, 0.29) is 11.9 Å². The van der Waals surface area contributed by atoms with Gasteiger partial charge in [0.25, 0.3) is 5.91 Å². The van der Waals surface area contributed by atoms with E-state index >= 15 is 0 Å². The van der Waals surface area contributed by atoms with E-state index in [1.165, 1.54) is 4.90 Å². The number of nitrogens with zero attached hydrogens (tertiary/aromatic N) is 3. The first-order valence-electron chi connectivity index (χ1n) is 8.95. The Morgan fingerprint density at radius 3 is 2.62 bits per heavy atom. The number of carbonyl (C=O) groups excluding carboxylic acids is 1. The van der Waals surface area contributed by atoms with Crippen LogP contribution in [0.15, 0.2) is 42.7 Å². The lowest BCUT2D eigenvalue weighted by Gasteiger charge is -2.34. The molecule has 1 saturated heterocycles. The molecule has 2 heterocycles. The molecule has 2 aromatic rings. The van der Waals surface area contributed by atoms with Gasteiger partial charge in [0.1, 0.15) is 5.75 Å². The standard InChI is InChI=1S/C19H25N5O2/c1-15(18(25)22-14-16-6-3-4-7-17(16)26-2)23-10-12-24(13-11-23)19-20-8-5-9-21-19/h3-9,15H,10-14H2,1-2H3,(H,22,25)/p+1/t15-/m0/s1. The molecule has 1 fully saturated rings. The number of methoxy groups -OCH3 is 1. The summed E-state index contributed by atoms with van der Waals surface area (Å²) >= 11 is 0. The number of aromatic nitrogens is 2. The van der Waals surface area contributed by atoms with Crippen LogP contribution >= 0.6 is 0 Å². The normalized spacial score (nSPS) is 16.2. The molecule has 0 bridgehead atoms. The van der Waals surface area contributed by atoms with Crippen molar-refractivity contribution in [1.29, 1.82) is 0 Å². The molecule has 0 aliphatic carbocycles. The van der Waals surface area contributed by atoms with Crippen LogP contribution in [0.3, 0.4) is 0 Å². The molecule has 1 amide bonds. The predicted molar refractivity (Wildman–Crippen MR) is 99.2 cm³/mol. The van der Waals surface area contributed by atoms with Gasteiger partial charge in [-0.25, -0.2) is 9.97 Å². The van der Waals surface area contributed by atoms with Gasteiger partial charge in [0, 0.05) is 24.5 Å². The number of quaternary nitrogens is 1. The molecule has 1 aromatic heterocycles. The fraction of sp³-hybridized carbons (Fsp3) is 0.421. The molecule has 26 heavy (non-hydrogen) atoms. The van der Waals surface area contributed by atoms with Crippen LogP contribution in [-0.4, -0.2) is 55.2 Å². The van der Waals surface area contributed by atoms with Crippen molar-refractivity contribution in [3.05, 3.63) is 48.3 Å². The molecule has 7 nitrogen and oxygen atoms in total. The molecule has 138 valence electrons. The molecule has 0 unspecified atom stereocenters.